The van der Waals surface area contributed by atoms with E-state index in [1.807, 2.05) is 0 Å². The van der Waals surface area contributed by atoms with E-state index < -0.39 is 12.1 Å². The molecule has 1 aromatic carbocycles. The molecular weight excluding hydrogens is 394 g/mol. The lowest BCUT2D eigenvalue weighted by atomic mass is 10.2. The number of hydrogen-bond acceptors (Lipinski definition) is 7. The summed E-state index contributed by atoms with van der Waals surface area (Å²) >= 11 is 1.44. The van der Waals surface area contributed by atoms with E-state index in [1.165, 1.54) is 17.6 Å². The second-order valence-electron chi connectivity index (χ2n) is 6.68. The Morgan fingerprint density at radius 1 is 1.14 bits per heavy atom. The van der Waals surface area contributed by atoms with Crippen molar-refractivity contribution in [1.82, 2.24) is 14.8 Å². The number of carbonyl (C=O) groups excluding carboxylic acids is 3. The van der Waals surface area contributed by atoms with E-state index in [1.54, 1.807) is 52.6 Å². The highest BCUT2D eigenvalue weighted by Crippen LogP contribution is 2.20. The molecule has 3 heterocycles. The van der Waals surface area contributed by atoms with Crippen LogP contribution in [0, 0.1) is 0 Å². The average molecular weight is 413 g/mol. The van der Waals surface area contributed by atoms with Crippen molar-refractivity contribution in [2.24, 2.45) is 0 Å². The number of fused-ring (bicyclic) bond motifs is 1. The number of rotatable bonds is 4. The number of ether oxygens (including phenoxy) is 1. The van der Waals surface area contributed by atoms with Crippen LogP contribution in [0.4, 0.5) is 0 Å². The van der Waals surface area contributed by atoms with Crippen LogP contribution in [-0.2, 0) is 9.53 Å². The van der Waals surface area contributed by atoms with Crippen molar-refractivity contribution < 1.29 is 23.5 Å². The number of piperazine rings is 1. The number of thiazole rings is 1. The van der Waals surface area contributed by atoms with Crippen LogP contribution in [0.2, 0.25) is 0 Å². The third kappa shape index (κ3) is 4.00. The van der Waals surface area contributed by atoms with Gasteiger partial charge < -0.3 is 19.0 Å². The summed E-state index contributed by atoms with van der Waals surface area (Å²) in [4.78, 5) is 44.8. The monoisotopic (exact) mass is 413 g/mol. The first-order valence-corrected chi connectivity index (χ1v) is 10.1. The number of benzene rings is 1. The minimum Gasteiger partial charge on any atom is -0.459 e. The fraction of sp³-hybridized carbons (Fsp3) is 0.300. The fourth-order valence-electron chi connectivity index (χ4n) is 3.20. The molecule has 0 aliphatic carbocycles. The number of hydrogen-bond donors (Lipinski definition) is 0. The third-order valence-corrected chi connectivity index (χ3v) is 5.60. The molecule has 0 N–H and O–H groups in total. The molecule has 0 spiro atoms. The van der Waals surface area contributed by atoms with Crippen LogP contribution >= 0.6 is 11.3 Å². The molecule has 29 heavy (non-hydrogen) atoms. The smallest absolute Gasteiger partial charge is 0.338 e. The zero-order valence-electron chi connectivity index (χ0n) is 15.7. The maximum atomic E-state index is 12.7. The van der Waals surface area contributed by atoms with E-state index >= 15 is 0 Å². The van der Waals surface area contributed by atoms with Gasteiger partial charge in [-0.15, -0.1) is 11.3 Å². The first-order chi connectivity index (χ1) is 14.0. The van der Waals surface area contributed by atoms with Crippen LogP contribution < -0.4 is 0 Å². The summed E-state index contributed by atoms with van der Waals surface area (Å²) in [6.45, 7) is 3.10. The summed E-state index contributed by atoms with van der Waals surface area (Å²) in [5.74, 6) is -0.736. The molecule has 0 radical (unpaired) electrons. The Balaban J connectivity index is 1.32. The van der Waals surface area contributed by atoms with Crippen LogP contribution in [-0.4, -0.2) is 64.9 Å². The summed E-state index contributed by atoms with van der Waals surface area (Å²) < 4.78 is 11.4. The fourth-order valence-corrected chi connectivity index (χ4v) is 3.92. The van der Waals surface area contributed by atoms with Crippen LogP contribution in [0.1, 0.15) is 27.8 Å². The predicted octanol–water partition coefficient (Wildman–Crippen LogP) is 2.42. The van der Waals surface area contributed by atoms with Gasteiger partial charge >= 0.3 is 5.97 Å². The summed E-state index contributed by atoms with van der Waals surface area (Å²) in [5.41, 5.74) is 2.91. The molecule has 2 amide bonds. The van der Waals surface area contributed by atoms with Gasteiger partial charge in [-0.05, 0) is 37.3 Å². The Morgan fingerprint density at radius 2 is 1.90 bits per heavy atom. The Labute approximate surface area is 170 Å². The third-order valence-electron chi connectivity index (χ3n) is 4.81. The molecule has 150 valence electrons. The topological polar surface area (TPSA) is 93.0 Å². The molecule has 1 saturated heterocycles. The van der Waals surface area contributed by atoms with Crippen molar-refractivity contribution in [3.8, 4) is 0 Å². The van der Waals surface area contributed by atoms with Crippen LogP contribution in [0.25, 0.3) is 10.2 Å². The Kier molecular flexibility index (Phi) is 5.30. The van der Waals surface area contributed by atoms with Gasteiger partial charge in [0.1, 0.15) is 0 Å². The van der Waals surface area contributed by atoms with Crippen LogP contribution in [0.15, 0.2) is 46.5 Å². The number of nitrogens with zero attached hydrogens (tertiary/aromatic N) is 3. The van der Waals surface area contributed by atoms with Gasteiger partial charge in [0.25, 0.3) is 11.8 Å². The quantitative estimate of drug-likeness (QED) is 0.610. The molecule has 1 aliphatic rings. The van der Waals surface area contributed by atoms with E-state index in [4.69, 9.17) is 9.15 Å². The highest BCUT2D eigenvalue weighted by Gasteiger charge is 2.30. The van der Waals surface area contributed by atoms with Crippen molar-refractivity contribution in [3.05, 3.63) is 53.4 Å². The number of amides is 2. The molecule has 4 rings (SSSR count). The van der Waals surface area contributed by atoms with Crippen molar-refractivity contribution in [3.63, 3.8) is 0 Å². The highest BCUT2D eigenvalue weighted by atomic mass is 32.1. The van der Waals surface area contributed by atoms with E-state index in [0.717, 1.165) is 10.2 Å². The van der Waals surface area contributed by atoms with E-state index in [0.29, 0.717) is 31.7 Å². The second kappa shape index (κ2) is 8.04. The second-order valence-corrected chi connectivity index (χ2v) is 7.56. The number of carbonyl (C=O) groups is 3. The van der Waals surface area contributed by atoms with Gasteiger partial charge in [0, 0.05) is 26.2 Å². The minimum atomic E-state index is -0.910. The van der Waals surface area contributed by atoms with E-state index in [9.17, 15) is 14.4 Å². The van der Waals surface area contributed by atoms with E-state index in [-0.39, 0.29) is 17.6 Å². The maximum Gasteiger partial charge on any atom is 0.338 e. The predicted molar refractivity (Wildman–Crippen MR) is 106 cm³/mol. The highest BCUT2D eigenvalue weighted by molar-refractivity contribution is 7.16. The van der Waals surface area contributed by atoms with Gasteiger partial charge in [0.2, 0.25) is 0 Å². The Morgan fingerprint density at radius 3 is 2.62 bits per heavy atom. The number of furan rings is 1. The largest absolute Gasteiger partial charge is 0.459 e. The molecule has 3 aromatic rings. The maximum absolute atomic E-state index is 12.7. The van der Waals surface area contributed by atoms with Crippen molar-refractivity contribution >= 4 is 39.3 Å². The summed E-state index contributed by atoms with van der Waals surface area (Å²) in [5, 5.41) is 0. The van der Waals surface area contributed by atoms with Crippen LogP contribution in [0.5, 0.6) is 0 Å². The lowest BCUT2D eigenvalue weighted by Crippen LogP contribution is -2.53. The minimum absolute atomic E-state index is 0.194. The molecule has 0 bridgehead atoms. The normalized spacial score (nSPS) is 15.3. The lowest BCUT2D eigenvalue weighted by molar-refractivity contribution is -0.141. The van der Waals surface area contributed by atoms with Gasteiger partial charge in [0.15, 0.2) is 11.9 Å². The zero-order valence-corrected chi connectivity index (χ0v) is 16.6. The summed E-state index contributed by atoms with van der Waals surface area (Å²) in [7, 11) is 0. The summed E-state index contributed by atoms with van der Waals surface area (Å²) in [6, 6.07) is 8.39. The van der Waals surface area contributed by atoms with Crippen molar-refractivity contribution in [1.29, 1.82) is 0 Å². The van der Waals surface area contributed by atoms with Crippen LogP contribution in [0.3, 0.4) is 0 Å². The zero-order chi connectivity index (χ0) is 20.4. The van der Waals surface area contributed by atoms with E-state index in [2.05, 4.69) is 4.98 Å². The van der Waals surface area contributed by atoms with Crippen molar-refractivity contribution in [2.45, 2.75) is 13.0 Å². The molecule has 1 aliphatic heterocycles. The molecule has 2 aromatic heterocycles. The molecule has 0 saturated carbocycles. The number of esters is 1. The molecule has 9 heteroatoms. The SMILES string of the molecule is C[C@@H](OC(=O)c1ccc2ncsc2c1)C(=O)N1CCN(C(=O)c2ccco2)CC1. The van der Waals surface area contributed by atoms with Crippen molar-refractivity contribution in [2.75, 3.05) is 26.2 Å². The molecule has 1 fully saturated rings. The molecule has 0 unspecified atom stereocenters. The number of aromatic nitrogens is 1. The molecule has 8 nitrogen and oxygen atoms in total. The molecular formula is C20H19N3O5S. The molecule has 1 atom stereocenters. The Hall–Kier alpha value is -3.20. The van der Waals surface area contributed by atoms with Gasteiger partial charge in [-0.1, -0.05) is 0 Å². The Bertz CT molecular complexity index is 1040. The first-order valence-electron chi connectivity index (χ1n) is 9.19. The van der Waals surface area contributed by atoms with Gasteiger partial charge in [-0.25, -0.2) is 9.78 Å². The standard InChI is InChI=1S/C20H19N3O5S/c1-13(28-20(26)14-4-5-15-17(11-14)29-12-21-15)18(24)22-6-8-23(9-7-22)19(25)16-3-2-10-27-16/h2-5,10-13H,6-9H2,1H3/t13-/m1/s1. The van der Waals surface area contributed by atoms with Gasteiger partial charge in [-0.2, -0.15) is 0 Å². The lowest BCUT2D eigenvalue weighted by Gasteiger charge is -2.35. The first kappa shape index (κ1) is 19.1. The van der Waals surface area contributed by atoms with Gasteiger partial charge in [-0.3, -0.25) is 9.59 Å². The average Bonchev–Trinajstić information content (AvgIpc) is 3.44. The van der Waals surface area contributed by atoms with Gasteiger partial charge in [0.05, 0.1) is 27.6 Å². The summed E-state index contributed by atoms with van der Waals surface area (Å²) in [6.07, 6.45) is 0.544.